The van der Waals surface area contributed by atoms with E-state index in [0.29, 0.717) is 24.7 Å². The zero-order valence-corrected chi connectivity index (χ0v) is 15.2. The minimum Gasteiger partial charge on any atom is -0.454 e. The van der Waals surface area contributed by atoms with Crippen LogP contribution in [-0.2, 0) is 11.2 Å². The fraction of sp³-hybridized carbons (Fsp3) is 0.316. The van der Waals surface area contributed by atoms with Crippen molar-refractivity contribution in [3.8, 4) is 11.5 Å². The molecule has 3 N–H and O–H groups in total. The van der Waals surface area contributed by atoms with Gasteiger partial charge in [0, 0.05) is 19.3 Å². The van der Waals surface area contributed by atoms with Crippen LogP contribution in [-0.4, -0.2) is 43.3 Å². The van der Waals surface area contributed by atoms with Gasteiger partial charge in [0.05, 0.1) is 11.9 Å². The highest BCUT2D eigenvalue weighted by atomic mass is 16.7. The maximum atomic E-state index is 12.0. The fourth-order valence-electron chi connectivity index (χ4n) is 2.55. The Labute approximate surface area is 158 Å². The van der Waals surface area contributed by atoms with Gasteiger partial charge in [0.15, 0.2) is 17.5 Å². The van der Waals surface area contributed by atoms with Crippen molar-refractivity contribution < 1.29 is 14.3 Å². The molecule has 8 heteroatoms. The number of nitrogens with zero attached hydrogens (tertiary/aromatic N) is 2. The minimum atomic E-state index is -0.198. The number of ether oxygens (including phenoxy) is 2. The number of anilines is 1. The molecule has 3 rings (SSSR count). The molecule has 0 fully saturated rings. The first kappa shape index (κ1) is 18.5. The van der Waals surface area contributed by atoms with Crippen molar-refractivity contribution >= 4 is 17.6 Å². The van der Waals surface area contributed by atoms with Crippen molar-refractivity contribution in [2.24, 2.45) is 4.99 Å². The van der Waals surface area contributed by atoms with Gasteiger partial charge in [0.2, 0.25) is 12.7 Å². The van der Waals surface area contributed by atoms with Crippen LogP contribution in [0.3, 0.4) is 0 Å². The Bertz CT molecular complexity index is 795. The number of fused-ring (bicyclic) bond motifs is 1. The summed E-state index contributed by atoms with van der Waals surface area (Å²) >= 11 is 0. The van der Waals surface area contributed by atoms with Crippen molar-refractivity contribution in [1.29, 1.82) is 0 Å². The number of guanidine groups is 1. The van der Waals surface area contributed by atoms with Gasteiger partial charge in [0.1, 0.15) is 6.54 Å². The summed E-state index contributed by atoms with van der Waals surface area (Å²) in [6, 6.07) is 9.46. The number of carbonyl (C=O) groups is 1. The molecular weight excluding hydrogens is 346 g/mol. The third-order valence-corrected chi connectivity index (χ3v) is 3.81. The second-order valence-electron chi connectivity index (χ2n) is 5.85. The minimum absolute atomic E-state index is 0.0221. The first-order chi connectivity index (χ1) is 13.2. The van der Waals surface area contributed by atoms with E-state index in [1.165, 1.54) is 0 Å². The van der Waals surface area contributed by atoms with Gasteiger partial charge in [0.25, 0.3) is 0 Å². The first-order valence-corrected chi connectivity index (χ1v) is 8.85. The Morgan fingerprint density at radius 1 is 1.22 bits per heavy atom. The lowest BCUT2D eigenvalue weighted by Crippen LogP contribution is -2.39. The van der Waals surface area contributed by atoms with Gasteiger partial charge in [-0.2, -0.15) is 0 Å². The molecule has 0 unspecified atom stereocenters. The number of rotatable bonds is 7. The largest absolute Gasteiger partial charge is 0.454 e. The second-order valence-corrected chi connectivity index (χ2v) is 5.85. The van der Waals surface area contributed by atoms with E-state index in [9.17, 15) is 4.79 Å². The topological polar surface area (TPSA) is 96.9 Å². The van der Waals surface area contributed by atoms with Crippen LogP contribution in [0.1, 0.15) is 12.5 Å². The highest BCUT2D eigenvalue weighted by Gasteiger charge is 2.13. The zero-order chi connectivity index (χ0) is 18.9. The van der Waals surface area contributed by atoms with Crippen molar-refractivity contribution in [2.45, 2.75) is 13.3 Å². The maximum absolute atomic E-state index is 12.0. The molecule has 0 saturated carbocycles. The number of nitrogens with one attached hydrogen (secondary N) is 3. The maximum Gasteiger partial charge on any atom is 0.246 e. The highest BCUT2D eigenvalue weighted by Crippen LogP contribution is 2.32. The lowest BCUT2D eigenvalue weighted by atomic mass is 10.1. The second kappa shape index (κ2) is 9.42. The predicted molar refractivity (Wildman–Crippen MR) is 103 cm³/mol. The molecule has 1 amide bonds. The monoisotopic (exact) mass is 369 g/mol. The lowest BCUT2D eigenvalue weighted by molar-refractivity contribution is -0.114. The van der Waals surface area contributed by atoms with Crippen LogP contribution in [0.5, 0.6) is 11.5 Å². The summed E-state index contributed by atoms with van der Waals surface area (Å²) in [7, 11) is 0. The number of carbonyl (C=O) groups excluding carboxylic acids is 1. The molecule has 0 bridgehead atoms. The molecule has 0 aliphatic carbocycles. The Balaban J connectivity index is 1.47. The summed E-state index contributed by atoms with van der Waals surface area (Å²) in [6.07, 6.45) is 4.04. The van der Waals surface area contributed by atoms with Crippen molar-refractivity contribution in [3.63, 3.8) is 0 Å². The molecule has 2 aromatic rings. The molecule has 1 aromatic carbocycles. The molecule has 1 aromatic heterocycles. The van der Waals surface area contributed by atoms with Crippen LogP contribution in [0.15, 0.2) is 47.7 Å². The van der Waals surface area contributed by atoms with Crippen molar-refractivity contribution in [3.05, 3.63) is 48.3 Å². The standard InChI is InChI=1S/C19H23N5O3/c1-2-21-19(23-12-18(25)24-15-4-3-8-20-11-15)22-9-7-14-5-6-16-17(10-14)27-13-26-16/h3-6,8,10-11H,2,7,9,12-13H2,1H3,(H,24,25)(H2,21,22,23). The molecule has 0 atom stereocenters. The molecule has 0 saturated heterocycles. The quantitative estimate of drug-likeness (QED) is 0.506. The number of benzene rings is 1. The van der Waals surface area contributed by atoms with E-state index in [-0.39, 0.29) is 19.2 Å². The molecule has 0 radical (unpaired) electrons. The molecule has 142 valence electrons. The number of hydrogen-bond acceptors (Lipinski definition) is 5. The molecule has 2 heterocycles. The fourth-order valence-corrected chi connectivity index (χ4v) is 2.55. The summed E-state index contributed by atoms with van der Waals surface area (Å²) in [4.78, 5) is 20.3. The average molecular weight is 369 g/mol. The molecule has 1 aliphatic rings. The van der Waals surface area contributed by atoms with E-state index >= 15 is 0 Å². The number of pyridine rings is 1. The smallest absolute Gasteiger partial charge is 0.246 e. The zero-order valence-electron chi connectivity index (χ0n) is 15.2. The Morgan fingerprint density at radius 2 is 2.11 bits per heavy atom. The molecular formula is C19H23N5O3. The number of amides is 1. The van der Waals surface area contributed by atoms with E-state index in [1.807, 2.05) is 25.1 Å². The van der Waals surface area contributed by atoms with Gasteiger partial charge < -0.3 is 25.4 Å². The first-order valence-electron chi connectivity index (χ1n) is 8.85. The van der Waals surface area contributed by atoms with Crippen LogP contribution >= 0.6 is 0 Å². The molecule has 27 heavy (non-hydrogen) atoms. The van der Waals surface area contributed by atoms with Crippen LogP contribution < -0.4 is 25.4 Å². The molecule has 8 nitrogen and oxygen atoms in total. The Kier molecular flexibility index (Phi) is 6.45. The summed E-state index contributed by atoms with van der Waals surface area (Å²) < 4.78 is 10.7. The van der Waals surface area contributed by atoms with E-state index in [0.717, 1.165) is 23.5 Å². The van der Waals surface area contributed by atoms with Gasteiger partial charge in [-0.1, -0.05) is 6.07 Å². The summed E-state index contributed by atoms with van der Waals surface area (Å²) in [5, 5.41) is 9.12. The summed E-state index contributed by atoms with van der Waals surface area (Å²) in [5.41, 5.74) is 1.79. The van der Waals surface area contributed by atoms with Crippen LogP contribution in [0.2, 0.25) is 0 Å². The Morgan fingerprint density at radius 3 is 2.93 bits per heavy atom. The summed E-state index contributed by atoms with van der Waals surface area (Å²) in [5.74, 6) is 1.96. The predicted octanol–water partition coefficient (Wildman–Crippen LogP) is 1.55. The van der Waals surface area contributed by atoms with E-state index < -0.39 is 0 Å². The highest BCUT2D eigenvalue weighted by molar-refractivity contribution is 5.93. The number of hydrogen-bond donors (Lipinski definition) is 3. The number of aromatic nitrogens is 1. The lowest BCUT2D eigenvalue weighted by Gasteiger charge is -2.11. The van der Waals surface area contributed by atoms with Gasteiger partial charge in [-0.15, -0.1) is 0 Å². The summed E-state index contributed by atoms with van der Waals surface area (Å²) in [6.45, 7) is 3.66. The SMILES string of the molecule is CCNC(=NCC(=O)Nc1cccnc1)NCCc1ccc2c(c1)OCO2. The van der Waals surface area contributed by atoms with Gasteiger partial charge in [-0.3, -0.25) is 9.78 Å². The molecule has 0 spiro atoms. The van der Waals surface area contributed by atoms with Crippen LogP contribution in [0.4, 0.5) is 5.69 Å². The van der Waals surface area contributed by atoms with E-state index in [4.69, 9.17) is 9.47 Å². The van der Waals surface area contributed by atoms with E-state index in [2.05, 4.69) is 25.9 Å². The third-order valence-electron chi connectivity index (χ3n) is 3.81. The Hall–Kier alpha value is -3.29. The number of aliphatic imine (C=N–C) groups is 1. The van der Waals surface area contributed by atoms with Crippen molar-refractivity contribution in [2.75, 3.05) is 31.7 Å². The van der Waals surface area contributed by atoms with Crippen LogP contribution in [0.25, 0.3) is 0 Å². The van der Waals surface area contributed by atoms with Crippen molar-refractivity contribution in [1.82, 2.24) is 15.6 Å². The van der Waals surface area contributed by atoms with Gasteiger partial charge in [-0.05, 0) is 43.2 Å². The van der Waals surface area contributed by atoms with Gasteiger partial charge >= 0.3 is 0 Å². The molecule has 1 aliphatic heterocycles. The van der Waals surface area contributed by atoms with E-state index in [1.54, 1.807) is 24.5 Å². The third kappa shape index (κ3) is 5.60. The normalized spacial score (nSPS) is 12.6. The average Bonchev–Trinajstić information content (AvgIpc) is 3.15. The van der Waals surface area contributed by atoms with Gasteiger partial charge in [-0.25, -0.2) is 4.99 Å². The van der Waals surface area contributed by atoms with Crippen LogP contribution in [0, 0.1) is 0 Å².